The van der Waals surface area contributed by atoms with E-state index in [2.05, 4.69) is 11.7 Å². The second-order valence-corrected chi connectivity index (χ2v) is 3.98. The van der Waals surface area contributed by atoms with Gasteiger partial charge in [-0.2, -0.15) is 5.10 Å². The second kappa shape index (κ2) is 4.11. The Kier molecular flexibility index (Phi) is 2.45. The summed E-state index contributed by atoms with van der Waals surface area (Å²) in [5, 5.41) is 4.42. The van der Waals surface area contributed by atoms with Crippen LogP contribution in [0.2, 0.25) is 0 Å². The summed E-state index contributed by atoms with van der Waals surface area (Å²) < 4.78 is 15.6. The molecule has 0 atom stereocenters. The second-order valence-electron chi connectivity index (χ2n) is 3.98. The molecule has 0 unspecified atom stereocenters. The van der Waals surface area contributed by atoms with Crippen molar-refractivity contribution in [2.24, 2.45) is 0 Å². The lowest BCUT2D eigenvalue weighted by Gasteiger charge is -1.99. The van der Waals surface area contributed by atoms with E-state index >= 15 is 0 Å². The van der Waals surface area contributed by atoms with Crippen LogP contribution in [-0.4, -0.2) is 9.61 Å². The molecular formula is C15H11FN2. The molecule has 0 aliphatic heterocycles. The van der Waals surface area contributed by atoms with E-state index < -0.39 is 0 Å². The van der Waals surface area contributed by atoms with Crippen molar-refractivity contribution in [3.05, 3.63) is 66.6 Å². The third-order valence-electron chi connectivity index (χ3n) is 2.91. The van der Waals surface area contributed by atoms with Gasteiger partial charge in [-0.15, -0.1) is 0 Å². The summed E-state index contributed by atoms with van der Waals surface area (Å²) in [6, 6.07) is 12.4. The Morgan fingerprint density at radius 3 is 2.67 bits per heavy atom. The molecular weight excluding hydrogens is 227 g/mol. The van der Waals surface area contributed by atoms with Crippen LogP contribution >= 0.6 is 0 Å². The summed E-state index contributed by atoms with van der Waals surface area (Å²) in [6.07, 6.45) is 3.55. The molecule has 1 aromatic carbocycles. The number of halogens is 1. The summed E-state index contributed by atoms with van der Waals surface area (Å²) >= 11 is 0. The zero-order valence-electron chi connectivity index (χ0n) is 9.68. The molecule has 3 heteroatoms. The molecule has 0 bridgehead atoms. The first-order valence-electron chi connectivity index (χ1n) is 5.66. The fraction of sp³-hybridized carbons (Fsp3) is 0. The fourth-order valence-electron chi connectivity index (χ4n) is 2.07. The molecule has 0 aliphatic carbocycles. The van der Waals surface area contributed by atoms with Crippen molar-refractivity contribution in [1.82, 2.24) is 9.61 Å². The zero-order chi connectivity index (χ0) is 12.5. The van der Waals surface area contributed by atoms with Crippen LogP contribution in [0.3, 0.4) is 0 Å². The van der Waals surface area contributed by atoms with Gasteiger partial charge in [-0.3, -0.25) is 0 Å². The van der Waals surface area contributed by atoms with Crippen molar-refractivity contribution < 1.29 is 4.39 Å². The van der Waals surface area contributed by atoms with Gasteiger partial charge in [0, 0.05) is 17.3 Å². The van der Waals surface area contributed by atoms with Crippen molar-refractivity contribution in [3.63, 3.8) is 0 Å². The molecule has 3 aromatic rings. The van der Waals surface area contributed by atoms with E-state index in [1.165, 1.54) is 6.07 Å². The van der Waals surface area contributed by atoms with Crippen LogP contribution in [0.4, 0.5) is 4.39 Å². The summed E-state index contributed by atoms with van der Waals surface area (Å²) in [6.45, 7) is 3.79. The van der Waals surface area contributed by atoms with E-state index in [1.807, 2.05) is 24.4 Å². The van der Waals surface area contributed by atoms with Gasteiger partial charge in [0.2, 0.25) is 0 Å². The molecule has 2 nitrogen and oxygen atoms in total. The largest absolute Gasteiger partial charge is 0.240 e. The first kappa shape index (κ1) is 10.7. The molecule has 88 valence electrons. The average molecular weight is 238 g/mol. The Bertz CT molecular complexity index is 728. The number of fused-ring (bicyclic) bond motifs is 1. The van der Waals surface area contributed by atoms with Crippen LogP contribution < -0.4 is 0 Å². The molecule has 0 aliphatic rings. The maximum absolute atomic E-state index is 13.8. The molecule has 3 rings (SSSR count). The highest BCUT2D eigenvalue weighted by atomic mass is 19.1. The Labute approximate surface area is 104 Å². The van der Waals surface area contributed by atoms with Crippen LogP contribution in [0.25, 0.3) is 22.9 Å². The lowest BCUT2D eigenvalue weighted by molar-refractivity contribution is 0.630. The summed E-state index contributed by atoms with van der Waals surface area (Å²) in [7, 11) is 0. The van der Waals surface area contributed by atoms with Gasteiger partial charge < -0.3 is 0 Å². The number of hydrogen-bond acceptors (Lipinski definition) is 1. The van der Waals surface area contributed by atoms with Crippen LogP contribution in [0, 0.1) is 5.82 Å². The highest BCUT2D eigenvalue weighted by molar-refractivity contribution is 5.82. The van der Waals surface area contributed by atoms with Gasteiger partial charge in [0.15, 0.2) is 0 Å². The fourth-order valence-corrected chi connectivity index (χ4v) is 2.07. The Morgan fingerprint density at radius 2 is 1.89 bits per heavy atom. The molecule has 0 radical (unpaired) electrons. The Morgan fingerprint density at radius 1 is 1.11 bits per heavy atom. The van der Waals surface area contributed by atoms with Crippen molar-refractivity contribution in [3.8, 4) is 11.3 Å². The first-order valence-corrected chi connectivity index (χ1v) is 5.66. The van der Waals surface area contributed by atoms with E-state index in [1.54, 1.807) is 28.8 Å². The minimum atomic E-state index is -0.274. The normalized spacial score (nSPS) is 10.7. The monoisotopic (exact) mass is 238 g/mol. The molecule has 2 aromatic heterocycles. The van der Waals surface area contributed by atoms with Gasteiger partial charge in [0.05, 0.1) is 5.52 Å². The quantitative estimate of drug-likeness (QED) is 0.664. The van der Waals surface area contributed by atoms with E-state index in [0.717, 1.165) is 11.1 Å². The standard InChI is InChI=1S/C15H11FN2/c1-2-11-14-9-5-6-10-18(14)17-15(11)12-7-3-4-8-13(12)16/h2-10H,1H2. The molecule has 0 amide bonds. The number of rotatable bonds is 2. The number of aromatic nitrogens is 2. The minimum Gasteiger partial charge on any atom is -0.240 e. The number of pyridine rings is 1. The van der Waals surface area contributed by atoms with Crippen molar-refractivity contribution in [2.45, 2.75) is 0 Å². The smallest absolute Gasteiger partial charge is 0.132 e. The summed E-state index contributed by atoms with van der Waals surface area (Å²) in [5.74, 6) is -0.274. The lowest BCUT2D eigenvalue weighted by Crippen LogP contribution is -1.87. The highest BCUT2D eigenvalue weighted by Gasteiger charge is 2.14. The highest BCUT2D eigenvalue weighted by Crippen LogP contribution is 2.28. The average Bonchev–Trinajstić information content (AvgIpc) is 2.77. The SMILES string of the molecule is C=Cc1c(-c2ccccc2F)nn2ccccc12. The third kappa shape index (κ3) is 1.52. The molecule has 2 heterocycles. The van der Waals surface area contributed by atoms with Crippen molar-refractivity contribution >= 4 is 11.6 Å². The summed E-state index contributed by atoms with van der Waals surface area (Å²) in [4.78, 5) is 0. The molecule has 0 saturated heterocycles. The van der Waals surface area contributed by atoms with Gasteiger partial charge in [-0.1, -0.05) is 30.9 Å². The van der Waals surface area contributed by atoms with Crippen LogP contribution in [0.15, 0.2) is 55.2 Å². The molecule has 0 spiro atoms. The van der Waals surface area contributed by atoms with Crippen LogP contribution in [0.5, 0.6) is 0 Å². The zero-order valence-corrected chi connectivity index (χ0v) is 9.68. The molecule has 0 fully saturated rings. The van der Waals surface area contributed by atoms with Gasteiger partial charge in [0.1, 0.15) is 11.5 Å². The van der Waals surface area contributed by atoms with Crippen molar-refractivity contribution in [2.75, 3.05) is 0 Å². The van der Waals surface area contributed by atoms with Gasteiger partial charge in [-0.25, -0.2) is 8.91 Å². The van der Waals surface area contributed by atoms with Crippen LogP contribution in [0.1, 0.15) is 5.56 Å². The van der Waals surface area contributed by atoms with Gasteiger partial charge >= 0.3 is 0 Å². The van der Waals surface area contributed by atoms with Crippen molar-refractivity contribution in [1.29, 1.82) is 0 Å². The van der Waals surface area contributed by atoms with E-state index in [-0.39, 0.29) is 5.82 Å². The number of benzene rings is 1. The topological polar surface area (TPSA) is 17.3 Å². The van der Waals surface area contributed by atoms with Crippen LogP contribution in [-0.2, 0) is 0 Å². The maximum Gasteiger partial charge on any atom is 0.132 e. The number of nitrogens with zero attached hydrogens (tertiary/aromatic N) is 2. The predicted octanol–water partition coefficient (Wildman–Crippen LogP) is 3.78. The Balaban J connectivity index is 2.36. The van der Waals surface area contributed by atoms with E-state index in [9.17, 15) is 4.39 Å². The Hall–Kier alpha value is -2.42. The third-order valence-corrected chi connectivity index (χ3v) is 2.91. The van der Waals surface area contributed by atoms with Gasteiger partial charge in [-0.05, 0) is 24.3 Å². The van der Waals surface area contributed by atoms with E-state index in [0.29, 0.717) is 11.3 Å². The molecule has 0 N–H and O–H groups in total. The molecule has 18 heavy (non-hydrogen) atoms. The molecule has 0 saturated carbocycles. The maximum atomic E-state index is 13.8. The predicted molar refractivity (Wildman–Crippen MR) is 70.7 cm³/mol. The van der Waals surface area contributed by atoms with Gasteiger partial charge in [0.25, 0.3) is 0 Å². The van der Waals surface area contributed by atoms with E-state index in [4.69, 9.17) is 0 Å². The lowest BCUT2D eigenvalue weighted by atomic mass is 10.1. The minimum absolute atomic E-state index is 0.274. The first-order chi connectivity index (χ1) is 8.81. The number of hydrogen-bond donors (Lipinski definition) is 0. The summed E-state index contributed by atoms with van der Waals surface area (Å²) in [5.41, 5.74) is 2.89.